The number of benzene rings is 1. The molecule has 1 rings (SSSR count). The number of hydrogen-bond acceptors (Lipinski definition) is 4. The Kier molecular flexibility index (Phi) is 7.02. The third-order valence-corrected chi connectivity index (χ3v) is 4.68. The highest BCUT2D eigenvalue weighted by atomic mass is 35.5. The Bertz CT molecular complexity index is 603. The van der Waals surface area contributed by atoms with E-state index in [4.69, 9.17) is 34.3 Å². The van der Waals surface area contributed by atoms with Crippen molar-refractivity contribution in [3.8, 4) is 0 Å². The maximum absolute atomic E-state index is 12.1. The van der Waals surface area contributed by atoms with E-state index in [1.165, 1.54) is 18.2 Å². The molecule has 1 aromatic carbocycles. The molecule has 0 spiro atoms. The van der Waals surface area contributed by atoms with Crippen LogP contribution < -0.4 is 10.5 Å². The van der Waals surface area contributed by atoms with Gasteiger partial charge in [0.05, 0.1) is 11.6 Å². The van der Waals surface area contributed by atoms with Crippen LogP contribution in [0.15, 0.2) is 23.1 Å². The van der Waals surface area contributed by atoms with Crippen molar-refractivity contribution < 1.29 is 13.2 Å². The Labute approximate surface area is 135 Å². The van der Waals surface area contributed by atoms with Crippen molar-refractivity contribution in [2.45, 2.75) is 18.7 Å². The lowest BCUT2D eigenvalue weighted by atomic mass is 10.2. The smallest absolute Gasteiger partial charge is 0.242 e. The highest BCUT2D eigenvalue weighted by Crippen LogP contribution is 2.22. The Hall–Kier alpha value is -0.730. The van der Waals surface area contributed by atoms with E-state index in [0.29, 0.717) is 24.7 Å². The van der Waals surface area contributed by atoms with Crippen LogP contribution in [0.5, 0.6) is 0 Å². The van der Waals surface area contributed by atoms with Gasteiger partial charge in [0.25, 0.3) is 0 Å². The second-order valence-electron chi connectivity index (χ2n) is 4.88. The zero-order valence-electron chi connectivity index (χ0n) is 11.9. The number of hydrogen-bond donors (Lipinski definition) is 2. The van der Waals surface area contributed by atoms with Crippen LogP contribution in [-0.2, 0) is 14.8 Å². The number of rotatable bonds is 8. The predicted molar refractivity (Wildman–Crippen MR) is 88.2 cm³/mol. The summed E-state index contributed by atoms with van der Waals surface area (Å²) in [4.78, 5) is 0.156. The van der Waals surface area contributed by atoms with Gasteiger partial charge in [-0.15, -0.1) is 0 Å². The average Bonchev–Trinajstić information content (AvgIpc) is 2.37. The fourth-order valence-electron chi connectivity index (χ4n) is 1.52. The third kappa shape index (κ3) is 5.88. The average molecular weight is 351 g/mol. The first-order chi connectivity index (χ1) is 9.74. The number of nitrogens with two attached hydrogens (primary N) is 1. The van der Waals surface area contributed by atoms with Gasteiger partial charge in [-0.05, 0) is 18.1 Å². The molecule has 0 aliphatic heterocycles. The van der Waals surface area contributed by atoms with Crippen molar-refractivity contribution >= 4 is 38.8 Å². The largest absolute Gasteiger partial charge is 0.389 e. The van der Waals surface area contributed by atoms with E-state index in [2.05, 4.69) is 4.72 Å². The Morgan fingerprint density at radius 1 is 1.48 bits per heavy atom. The normalized spacial score (nSPS) is 11.8. The fraction of sp³-hybridized carbons (Fsp3) is 0.462. The molecule has 0 aliphatic rings. The summed E-state index contributed by atoms with van der Waals surface area (Å²) < 4.78 is 32.0. The lowest BCUT2D eigenvalue weighted by molar-refractivity contribution is 0.114. The van der Waals surface area contributed by atoms with Gasteiger partial charge < -0.3 is 10.5 Å². The van der Waals surface area contributed by atoms with Crippen molar-refractivity contribution in [1.82, 2.24) is 4.72 Å². The summed E-state index contributed by atoms with van der Waals surface area (Å²) in [5, 5.41) is 0.0795. The predicted octanol–water partition coefficient (Wildman–Crippen LogP) is 1.93. The summed E-state index contributed by atoms with van der Waals surface area (Å²) >= 11 is 10.8. The summed E-state index contributed by atoms with van der Waals surface area (Å²) in [6.45, 7) is 5.12. The summed E-state index contributed by atoms with van der Waals surface area (Å²) in [6, 6.07) is 4.35. The molecule has 0 saturated carbocycles. The van der Waals surface area contributed by atoms with Gasteiger partial charge in [-0.1, -0.05) is 43.7 Å². The molecule has 0 fully saturated rings. The van der Waals surface area contributed by atoms with Gasteiger partial charge in [0, 0.05) is 18.7 Å². The molecular weight excluding hydrogens is 332 g/mol. The van der Waals surface area contributed by atoms with E-state index < -0.39 is 10.0 Å². The molecule has 3 N–H and O–H groups in total. The second-order valence-corrected chi connectivity index (χ2v) is 7.46. The van der Waals surface area contributed by atoms with Crippen molar-refractivity contribution in [2.75, 3.05) is 19.8 Å². The minimum Gasteiger partial charge on any atom is -0.389 e. The number of thiocarbonyl (C=S) groups is 1. The SMILES string of the molecule is CC(C)COCCNS(=O)(=O)c1ccc(C(N)=S)cc1Cl. The Morgan fingerprint density at radius 2 is 2.14 bits per heavy atom. The van der Waals surface area contributed by atoms with Gasteiger partial charge in [-0.2, -0.15) is 0 Å². The maximum atomic E-state index is 12.1. The molecule has 0 radical (unpaired) electrons. The van der Waals surface area contributed by atoms with Crippen LogP contribution in [0.4, 0.5) is 0 Å². The van der Waals surface area contributed by atoms with E-state index in [0.717, 1.165) is 0 Å². The molecular formula is C13H19ClN2O3S2. The number of nitrogens with one attached hydrogen (secondary N) is 1. The van der Waals surface area contributed by atoms with Gasteiger partial charge in [0.1, 0.15) is 9.88 Å². The fourth-order valence-corrected chi connectivity index (χ4v) is 3.20. The molecule has 21 heavy (non-hydrogen) atoms. The summed E-state index contributed by atoms with van der Waals surface area (Å²) in [5.41, 5.74) is 5.99. The van der Waals surface area contributed by atoms with Crippen molar-refractivity contribution in [2.24, 2.45) is 11.7 Å². The van der Waals surface area contributed by atoms with Crippen molar-refractivity contribution in [3.05, 3.63) is 28.8 Å². The lowest BCUT2D eigenvalue weighted by Crippen LogP contribution is -2.28. The monoisotopic (exact) mass is 350 g/mol. The number of ether oxygens (including phenoxy) is 1. The summed E-state index contributed by atoms with van der Waals surface area (Å²) in [5.74, 6) is 0.406. The summed E-state index contributed by atoms with van der Waals surface area (Å²) in [7, 11) is -3.68. The van der Waals surface area contributed by atoms with Crippen LogP contribution in [0.3, 0.4) is 0 Å². The minimum atomic E-state index is -3.68. The number of sulfonamides is 1. The quantitative estimate of drug-likeness (QED) is 0.553. The first-order valence-electron chi connectivity index (χ1n) is 6.41. The topological polar surface area (TPSA) is 81.4 Å². The van der Waals surface area contributed by atoms with Gasteiger partial charge in [-0.3, -0.25) is 0 Å². The molecule has 0 bridgehead atoms. The molecule has 1 aromatic rings. The van der Waals surface area contributed by atoms with E-state index in [1.807, 2.05) is 13.8 Å². The summed E-state index contributed by atoms with van der Waals surface area (Å²) in [6.07, 6.45) is 0. The highest BCUT2D eigenvalue weighted by Gasteiger charge is 2.18. The van der Waals surface area contributed by atoms with Crippen LogP contribution in [0.2, 0.25) is 5.02 Å². The molecule has 0 aliphatic carbocycles. The second kappa shape index (κ2) is 8.05. The number of halogens is 1. The van der Waals surface area contributed by atoms with Gasteiger partial charge in [0.2, 0.25) is 10.0 Å². The van der Waals surface area contributed by atoms with Gasteiger partial charge in [-0.25, -0.2) is 13.1 Å². The maximum Gasteiger partial charge on any atom is 0.242 e. The van der Waals surface area contributed by atoms with Crippen LogP contribution in [0.1, 0.15) is 19.4 Å². The molecule has 5 nitrogen and oxygen atoms in total. The first-order valence-corrected chi connectivity index (χ1v) is 8.67. The Morgan fingerprint density at radius 3 is 2.67 bits per heavy atom. The van der Waals surface area contributed by atoms with E-state index in [1.54, 1.807) is 0 Å². The van der Waals surface area contributed by atoms with E-state index in [9.17, 15) is 8.42 Å². The Balaban J connectivity index is 2.68. The van der Waals surface area contributed by atoms with Crippen LogP contribution >= 0.6 is 23.8 Å². The van der Waals surface area contributed by atoms with Gasteiger partial charge >= 0.3 is 0 Å². The van der Waals surface area contributed by atoms with Crippen LogP contribution in [0.25, 0.3) is 0 Å². The third-order valence-electron chi connectivity index (χ3n) is 2.50. The highest BCUT2D eigenvalue weighted by molar-refractivity contribution is 7.89. The minimum absolute atomic E-state index is 0.00646. The standard InChI is InChI=1S/C13H19ClN2O3S2/c1-9(2)8-19-6-5-16-21(17,18)12-4-3-10(13(15)20)7-11(12)14/h3-4,7,9,16H,5-6,8H2,1-2H3,(H2,15,20). The lowest BCUT2D eigenvalue weighted by Gasteiger charge is -2.10. The van der Waals surface area contributed by atoms with Crippen LogP contribution in [-0.4, -0.2) is 33.2 Å². The molecule has 0 atom stereocenters. The van der Waals surface area contributed by atoms with Crippen LogP contribution in [0, 0.1) is 5.92 Å². The van der Waals surface area contributed by atoms with E-state index >= 15 is 0 Å². The molecule has 0 saturated heterocycles. The molecule has 0 unspecified atom stereocenters. The van der Waals surface area contributed by atoms with E-state index in [-0.39, 0.29) is 21.5 Å². The molecule has 8 heteroatoms. The van der Waals surface area contributed by atoms with Gasteiger partial charge in [0.15, 0.2) is 0 Å². The molecule has 118 valence electrons. The zero-order valence-corrected chi connectivity index (χ0v) is 14.3. The molecule has 0 amide bonds. The molecule has 0 heterocycles. The molecule has 0 aromatic heterocycles. The van der Waals surface area contributed by atoms with Crippen molar-refractivity contribution in [3.63, 3.8) is 0 Å². The zero-order chi connectivity index (χ0) is 16.0. The first kappa shape index (κ1) is 18.3. The van der Waals surface area contributed by atoms with Crippen molar-refractivity contribution in [1.29, 1.82) is 0 Å².